The van der Waals surface area contributed by atoms with Crippen LogP contribution in [-0.2, 0) is 24.2 Å². The SMILES string of the molecule is O=C(NCc1ccc2c(c1)OCO2)C1CCN(c2c3c(nc4ncnn24)CCC3)CC1. The van der Waals surface area contributed by atoms with E-state index in [1.807, 2.05) is 22.7 Å². The highest BCUT2D eigenvalue weighted by Gasteiger charge is 2.30. The van der Waals surface area contributed by atoms with E-state index < -0.39 is 0 Å². The molecule has 1 amide bonds. The number of aryl methyl sites for hydroxylation is 1. The number of carbonyl (C=O) groups is 1. The Balaban J connectivity index is 1.11. The third-order valence-electron chi connectivity index (χ3n) is 6.49. The summed E-state index contributed by atoms with van der Waals surface area (Å²) in [7, 11) is 0. The molecule has 1 N–H and O–H groups in total. The Morgan fingerprint density at radius 3 is 2.94 bits per heavy atom. The van der Waals surface area contributed by atoms with E-state index in [1.165, 1.54) is 5.56 Å². The average molecular weight is 420 g/mol. The Morgan fingerprint density at radius 2 is 2.03 bits per heavy atom. The minimum absolute atomic E-state index is 0.0198. The fourth-order valence-corrected chi connectivity index (χ4v) is 4.86. The van der Waals surface area contributed by atoms with Crippen LogP contribution in [0.2, 0.25) is 0 Å². The van der Waals surface area contributed by atoms with Gasteiger partial charge in [0.2, 0.25) is 12.7 Å². The number of rotatable bonds is 4. The van der Waals surface area contributed by atoms with Gasteiger partial charge in [-0.15, -0.1) is 0 Å². The molecule has 2 aromatic heterocycles. The third-order valence-corrected chi connectivity index (χ3v) is 6.49. The largest absolute Gasteiger partial charge is 0.454 e. The minimum Gasteiger partial charge on any atom is -0.454 e. The molecule has 1 aliphatic carbocycles. The van der Waals surface area contributed by atoms with Crippen molar-refractivity contribution in [3.05, 3.63) is 41.3 Å². The van der Waals surface area contributed by atoms with Crippen LogP contribution in [0.25, 0.3) is 5.78 Å². The van der Waals surface area contributed by atoms with Crippen LogP contribution in [-0.4, -0.2) is 45.4 Å². The van der Waals surface area contributed by atoms with Crippen LogP contribution in [0.15, 0.2) is 24.5 Å². The Kier molecular flexibility index (Phi) is 4.40. The number of fused-ring (bicyclic) bond motifs is 3. The smallest absolute Gasteiger partial charge is 0.254 e. The first-order valence-electron chi connectivity index (χ1n) is 10.9. The van der Waals surface area contributed by atoms with Crippen LogP contribution in [0.5, 0.6) is 11.5 Å². The number of nitrogens with one attached hydrogen (secondary N) is 1. The molecule has 4 heterocycles. The number of nitrogens with zero attached hydrogens (tertiary/aromatic N) is 5. The first-order chi connectivity index (χ1) is 15.3. The van der Waals surface area contributed by atoms with Crippen LogP contribution in [0, 0.1) is 5.92 Å². The second kappa shape index (κ2) is 7.40. The summed E-state index contributed by atoms with van der Waals surface area (Å²) in [6, 6.07) is 5.78. The van der Waals surface area contributed by atoms with E-state index in [2.05, 4.69) is 25.3 Å². The first-order valence-corrected chi connectivity index (χ1v) is 10.9. The molecule has 9 nitrogen and oxygen atoms in total. The molecule has 9 heteroatoms. The van der Waals surface area contributed by atoms with Crippen LogP contribution in [0.3, 0.4) is 0 Å². The van der Waals surface area contributed by atoms with Crippen molar-refractivity contribution in [3.63, 3.8) is 0 Å². The van der Waals surface area contributed by atoms with Gasteiger partial charge in [-0.05, 0) is 49.8 Å². The molecule has 6 rings (SSSR count). The van der Waals surface area contributed by atoms with Crippen LogP contribution in [0.1, 0.15) is 36.1 Å². The monoisotopic (exact) mass is 420 g/mol. The number of carbonyl (C=O) groups excluding carboxylic acids is 1. The van der Waals surface area contributed by atoms with Crippen molar-refractivity contribution < 1.29 is 14.3 Å². The lowest BCUT2D eigenvalue weighted by molar-refractivity contribution is -0.125. The zero-order valence-electron chi connectivity index (χ0n) is 17.2. The van der Waals surface area contributed by atoms with E-state index in [0.717, 1.165) is 73.8 Å². The lowest BCUT2D eigenvalue weighted by atomic mass is 9.95. The summed E-state index contributed by atoms with van der Waals surface area (Å²) in [5.74, 6) is 3.42. The number of hydrogen-bond acceptors (Lipinski definition) is 7. The molecular formula is C22H24N6O3. The fraction of sp³-hybridized carbons (Fsp3) is 0.455. The number of hydrogen-bond donors (Lipinski definition) is 1. The molecule has 0 radical (unpaired) electrons. The molecular weight excluding hydrogens is 396 g/mol. The van der Waals surface area contributed by atoms with Gasteiger partial charge in [0.25, 0.3) is 5.78 Å². The Bertz CT molecular complexity index is 1150. The molecule has 0 bridgehead atoms. The summed E-state index contributed by atoms with van der Waals surface area (Å²) in [5, 5.41) is 7.51. The van der Waals surface area contributed by atoms with Gasteiger partial charge in [0.15, 0.2) is 11.5 Å². The summed E-state index contributed by atoms with van der Waals surface area (Å²) in [5.41, 5.74) is 3.46. The number of ether oxygens (including phenoxy) is 2. The molecule has 1 saturated heterocycles. The molecule has 31 heavy (non-hydrogen) atoms. The van der Waals surface area contributed by atoms with Gasteiger partial charge in [-0.2, -0.15) is 14.6 Å². The second-order valence-corrected chi connectivity index (χ2v) is 8.35. The highest BCUT2D eigenvalue weighted by molar-refractivity contribution is 5.79. The molecule has 1 fully saturated rings. The van der Waals surface area contributed by atoms with Crippen molar-refractivity contribution >= 4 is 17.5 Å². The third kappa shape index (κ3) is 3.24. The summed E-state index contributed by atoms with van der Waals surface area (Å²) >= 11 is 0. The van der Waals surface area contributed by atoms with E-state index >= 15 is 0 Å². The molecule has 1 aromatic carbocycles. The maximum Gasteiger partial charge on any atom is 0.254 e. The van der Waals surface area contributed by atoms with Crippen molar-refractivity contribution in [2.45, 2.75) is 38.6 Å². The number of piperidine rings is 1. The minimum atomic E-state index is 0.0198. The Hall–Kier alpha value is -3.36. The maximum atomic E-state index is 12.8. The normalized spacial score (nSPS) is 17.9. The van der Waals surface area contributed by atoms with Crippen molar-refractivity contribution in [2.24, 2.45) is 5.92 Å². The van der Waals surface area contributed by atoms with Gasteiger partial charge in [-0.3, -0.25) is 4.79 Å². The second-order valence-electron chi connectivity index (χ2n) is 8.35. The van der Waals surface area contributed by atoms with Gasteiger partial charge in [0.05, 0.1) is 5.69 Å². The van der Waals surface area contributed by atoms with Gasteiger partial charge in [-0.25, -0.2) is 4.98 Å². The van der Waals surface area contributed by atoms with E-state index in [1.54, 1.807) is 6.33 Å². The highest BCUT2D eigenvalue weighted by Crippen LogP contribution is 2.34. The molecule has 0 saturated carbocycles. The van der Waals surface area contributed by atoms with Crippen LogP contribution >= 0.6 is 0 Å². The average Bonchev–Trinajstić information content (AvgIpc) is 3.55. The first kappa shape index (κ1) is 18.4. The van der Waals surface area contributed by atoms with E-state index in [0.29, 0.717) is 12.3 Å². The lowest BCUT2D eigenvalue weighted by Gasteiger charge is -2.34. The molecule has 0 atom stereocenters. The predicted molar refractivity (Wildman–Crippen MR) is 112 cm³/mol. The quantitative estimate of drug-likeness (QED) is 0.689. The summed E-state index contributed by atoms with van der Waals surface area (Å²) in [6.45, 7) is 2.40. The zero-order valence-corrected chi connectivity index (χ0v) is 17.2. The topological polar surface area (TPSA) is 93.9 Å². The molecule has 3 aliphatic rings. The number of amides is 1. The molecule has 0 spiro atoms. The zero-order chi connectivity index (χ0) is 20.8. The summed E-state index contributed by atoms with van der Waals surface area (Å²) in [4.78, 5) is 24.1. The van der Waals surface area contributed by atoms with Crippen molar-refractivity contribution in [1.29, 1.82) is 0 Å². The standard InChI is InChI=1S/C22H24N6O3/c29-20(23-11-14-4-5-18-19(10-14)31-13-30-18)15-6-8-27(9-7-15)21-16-2-1-3-17(16)26-22-24-12-25-28(21)22/h4-5,10,12,15H,1-3,6-9,11,13H2,(H,23,29). The molecule has 160 valence electrons. The van der Waals surface area contributed by atoms with Gasteiger partial charge in [0.1, 0.15) is 12.1 Å². The van der Waals surface area contributed by atoms with Gasteiger partial charge in [-0.1, -0.05) is 6.07 Å². The molecule has 2 aliphatic heterocycles. The van der Waals surface area contributed by atoms with E-state index in [4.69, 9.17) is 9.47 Å². The molecule has 0 unspecified atom stereocenters. The summed E-state index contributed by atoms with van der Waals surface area (Å²) < 4.78 is 12.6. The number of anilines is 1. The van der Waals surface area contributed by atoms with E-state index in [9.17, 15) is 4.79 Å². The van der Waals surface area contributed by atoms with Crippen molar-refractivity contribution in [1.82, 2.24) is 24.9 Å². The van der Waals surface area contributed by atoms with Crippen LogP contribution in [0.4, 0.5) is 5.82 Å². The Morgan fingerprint density at radius 1 is 1.16 bits per heavy atom. The molecule has 3 aromatic rings. The van der Waals surface area contributed by atoms with E-state index in [-0.39, 0.29) is 18.6 Å². The lowest BCUT2D eigenvalue weighted by Crippen LogP contribution is -2.41. The highest BCUT2D eigenvalue weighted by atomic mass is 16.7. The Labute approximate surface area is 179 Å². The number of aromatic nitrogens is 4. The van der Waals surface area contributed by atoms with Crippen molar-refractivity contribution in [3.8, 4) is 11.5 Å². The number of benzene rings is 1. The fourth-order valence-electron chi connectivity index (χ4n) is 4.86. The maximum absolute atomic E-state index is 12.8. The van der Waals surface area contributed by atoms with Crippen molar-refractivity contribution in [2.75, 3.05) is 24.8 Å². The van der Waals surface area contributed by atoms with Crippen LogP contribution < -0.4 is 19.7 Å². The van der Waals surface area contributed by atoms with Gasteiger partial charge in [0, 0.05) is 31.1 Å². The van der Waals surface area contributed by atoms with Gasteiger partial charge < -0.3 is 19.7 Å². The predicted octanol–water partition coefficient (Wildman–Crippen LogP) is 1.87. The summed E-state index contributed by atoms with van der Waals surface area (Å²) in [6.07, 6.45) is 6.37. The van der Waals surface area contributed by atoms with Gasteiger partial charge >= 0.3 is 0 Å².